The lowest BCUT2D eigenvalue weighted by molar-refractivity contribution is -0.119. The molecule has 0 bridgehead atoms. The van der Waals surface area contributed by atoms with Gasteiger partial charge in [0.2, 0.25) is 15.9 Å². The minimum atomic E-state index is -3.81. The number of hydrogen-bond donors (Lipinski definition) is 1. The van der Waals surface area contributed by atoms with Crippen molar-refractivity contribution >= 4 is 37.5 Å². The van der Waals surface area contributed by atoms with E-state index in [4.69, 9.17) is 4.74 Å². The summed E-state index contributed by atoms with van der Waals surface area (Å²) in [5.41, 5.74) is 1.24. The summed E-state index contributed by atoms with van der Waals surface area (Å²) in [6.07, 6.45) is 1.13. The van der Waals surface area contributed by atoms with Gasteiger partial charge >= 0.3 is 0 Å². The zero-order valence-corrected chi connectivity index (χ0v) is 17.5. The van der Waals surface area contributed by atoms with Crippen molar-refractivity contribution < 1.29 is 17.9 Å². The largest absolute Gasteiger partial charge is 0.497 e. The molecule has 1 amide bonds. The molecule has 1 fully saturated rings. The number of benzene rings is 2. The van der Waals surface area contributed by atoms with Gasteiger partial charge in [0.05, 0.1) is 12.0 Å². The van der Waals surface area contributed by atoms with Crippen molar-refractivity contribution in [3.05, 3.63) is 52.5 Å². The predicted molar refractivity (Wildman–Crippen MR) is 107 cm³/mol. The number of ether oxygens (including phenoxy) is 1. The Morgan fingerprint density at radius 1 is 1.26 bits per heavy atom. The van der Waals surface area contributed by atoms with Crippen molar-refractivity contribution in [2.24, 2.45) is 0 Å². The van der Waals surface area contributed by atoms with Gasteiger partial charge in [-0.1, -0.05) is 28.1 Å². The molecule has 1 heterocycles. The average Bonchev–Trinajstić information content (AvgIpc) is 3.13. The molecule has 144 valence electrons. The van der Waals surface area contributed by atoms with Gasteiger partial charge in [-0.3, -0.25) is 4.79 Å². The van der Waals surface area contributed by atoms with Gasteiger partial charge in [0.25, 0.3) is 0 Å². The number of halogens is 1. The highest BCUT2D eigenvalue weighted by Crippen LogP contribution is 2.30. The Balaban J connectivity index is 1.88. The summed E-state index contributed by atoms with van der Waals surface area (Å²) >= 11 is 3.36. The number of amides is 1. The van der Waals surface area contributed by atoms with Crippen LogP contribution in [0.1, 0.15) is 18.4 Å². The van der Waals surface area contributed by atoms with Crippen LogP contribution >= 0.6 is 15.9 Å². The summed E-state index contributed by atoms with van der Waals surface area (Å²) in [4.78, 5) is 12.9. The summed E-state index contributed by atoms with van der Waals surface area (Å²) in [6.45, 7) is 2.05. The summed E-state index contributed by atoms with van der Waals surface area (Å²) in [6, 6.07) is 11.4. The zero-order chi connectivity index (χ0) is 19.6. The molecule has 1 aliphatic rings. The first-order valence-corrected chi connectivity index (χ1v) is 10.8. The maximum absolute atomic E-state index is 13.2. The Morgan fingerprint density at radius 3 is 2.74 bits per heavy atom. The maximum atomic E-state index is 13.2. The topological polar surface area (TPSA) is 75.7 Å². The SMILES string of the molecule is COc1ccc(C)c(S(=O)(=O)N2CCC[C@H]2C(=O)Nc2cccc(Br)c2)c1. The number of aryl methyl sites for hydroxylation is 1. The molecular formula is C19H21BrN2O4S. The summed E-state index contributed by atoms with van der Waals surface area (Å²) in [5.74, 6) is 0.142. The maximum Gasteiger partial charge on any atom is 0.244 e. The van der Waals surface area contributed by atoms with Crippen molar-refractivity contribution in [3.8, 4) is 5.75 Å². The minimum absolute atomic E-state index is 0.170. The number of carbonyl (C=O) groups is 1. The third-order valence-corrected chi connectivity index (χ3v) is 7.12. The molecule has 2 aromatic carbocycles. The van der Waals surface area contributed by atoms with E-state index in [2.05, 4.69) is 21.2 Å². The van der Waals surface area contributed by atoms with E-state index in [1.807, 2.05) is 12.1 Å². The highest BCUT2D eigenvalue weighted by molar-refractivity contribution is 9.10. The minimum Gasteiger partial charge on any atom is -0.497 e. The molecule has 0 radical (unpaired) electrons. The fourth-order valence-corrected chi connectivity index (χ4v) is 5.49. The van der Waals surface area contributed by atoms with E-state index in [9.17, 15) is 13.2 Å². The van der Waals surface area contributed by atoms with Crippen LogP contribution in [0.2, 0.25) is 0 Å². The van der Waals surface area contributed by atoms with Gasteiger partial charge in [0.15, 0.2) is 0 Å². The van der Waals surface area contributed by atoms with Crippen LogP contribution < -0.4 is 10.1 Å². The first kappa shape index (κ1) is 19.9. The smallest absolute Gasteiger partial charge is 0.244 e. The molecule has 0 unspecified atom stereocenters. The number of nitrogens with zero attached hydrogens (tertiary/aromatic N) is 1. The first-order chi connectivity index (χ1) is 12.8. The fourth-order valence-electron chi connectivity index (χ4n) is 3.19. The molecular weight excluding hydrogens is 432 g/mol. The average molecular weight is 453 g/mol. The van der Waals surface area contributed by atoms with Gasteiger partial charge in [0.1, 0.15) is 11.8 Å². The van der Waals surface area contributed by atoms with E-state index in [1.165, 1.54) is 17.5 Å². The van der Waals surface area contributed by atoms with Crippen LogP contribution in [0.25, 0.3) is 0 Å². The van der Waals surface area contributed by atoms with Gasteiger partial charge in [-0.2, -0.15) is 4.31 Å². The molecule has 0 aliphatic carbocycles. The first-order valence-electron chi connectivity index (χ1n) is 8.56. The van der Waals surface area contributed by atoms with Crippen LogP contribution in [0, 0.1) is 6.92 Å². The number of carbonyl (C=O) groups excluding carboxylic acids is 1. The van der Waals surface area contributed by atoms with E-state index in [0.29, 0.717) is 36.4 Å². The number of rotatable bonds is 5. The van der Waals surface area contributed by atoms with Crippen LogP contribution in [-0.2, 0) is 14.8 Å². The number of anilines is 1. The Hall–Kier alpha value is -1.90. The van der Waals surface area contributed by atoms with Crippen molar-refractivity contribution in [2.75, 3.05) is 19.0 Å². The van der Waals surface area contributed by atoms with E-state index in [1.54, 1.807) is 31.2 Å². The highest BCUT2D eigenvalue weighted by Gasteiger charge is 2.40. The van der Waals surface area contributed by atoms with Gasteiger partial charge in [-0.25, -0.2) is 8.42 Å². The Bertz CT molecular complexity index is 962. The molecule has 0 spiro atoms. The molecule has 8 heteroatoms. The molecule has 27 heavy (non-hydrogen) atoms. The molecule has 0 aromatic heterocycles. The van der Waals surface area contributed by atoms with E-state index in [0.717, 1.165) is 4.47 Å². The molecule has 1 N–H and O–H groups in total. The highest BCUT2D eigenvalue weighted by atomic mass is 79.9. The van der Waals surface area contributed by atoms with Crippen molar-refractivity contribution in [2.45, 2.75) is 30.7 Å². The van der Waals surface area contributed by atoms with E-state index < -0.39 is 16.1 Å². The predicted octanol–water partition coefficient (Wildman–Crippen LogP) is 3.56. The fraction of sp³-hybridized carbons (Fsp3) is 0.316. The Morgan fingerprint density at radius 2 is 2.04 bits per heavy atom. The monoisotopic (exact) mass is 452 g/mol. The Labute approximate surface area is 167 Å². The number of sulfonamides is 1. The van der Waals surface area contributed by atoms with Crippen LogP contribution in [0.3, 0.4) is 0 Å². The zero-order valence-electron chi connectivity index (χ0n) is 15.1. The number of methoxy groups -OCH3 is 1. The van der Waals surface area contributed by atoms with Gasteiger partial charge in [0, 0.05) is 22.8 Å². The second-order valence-electron chi connectivity index (χ2n) is 6.40. The Kier molecular flexibility index (Phi) is 5.88. The van der Waals surface area contributed by atoms with Gasteiger partial charge in [-0.05, 0) is 49.6 Å². The molecule has 2 aromatic rings. The van der Waals surface area contributed by atoms with Gasteiger partial charge in [-0.15, -0.1) is 0 Å². The summed E-state index contributed by atoms with van der Waals surface area (Å²) in [5, 5.41) is 2.82. The third-order valence-electron chi connectivity index (χ3n) is 4.58. The van der Waals surface area contributed by atoms with Crippen LogP contribution in [0.5, 0.6) is 5.75 Å². The molecule has 1 aliphatic heterocycles. The van der Waals surface area contributed by atoms with E-state index >= 15 is 0 Å². The van der Waals surface area contributed by atoms with Crippen LogP contribution in [-0.4, -0.2) is 38.3 Å². The van der Waals surface area contributed by atoms with Crippen LogP contribution in [0.4, 0.5) is 5.69 Å². The van der Waals surface area contributed by atoms with E-state index in [-0.39, 0.29) is 10.8 Å². The molecule has 6 nitrogen and oxygen atoms in total. The standard InChI is InChI=1S/C19H21BrN2O4S/c1-13-8-9-16(26-2)12-18(13)27(24,25)22-10-4-7-17(22)19(23)21-15-6-3-5-14(20)11-15/h3,5-6,8-9,11-12,17H,4,7,10H2,1-2H3,(H,21,23)/t17-/m0/s1. The molecule has 1 atom stereocenters. The number of nitrogens with one attached hydrogen (secondary N) is 1. The molecule has 1 saturated heterocycles. The molecule has 3 rings (SSSR count). The number of hydrogen-bond acceptors (Lipinski definition) is 4. The lowest BCUT2D eigenvalue weighted by Gasteiger charge is -2.24. The van der Waals surface area contributed by atoms with Crippen LogP contribution in [0.15, 0.2) is 51.8 Å². The summed E-state index contributed by atoms with van der Waals surface area (Å²) < 4.78 is 33.8. The quantitative estimate of drug-likeness (QED) is 0.752. The van der Waals surface area contributed by atoms with Crippen molar-refractivity contribution in [3.63, 3.8) is 0 Å². The summed E-state index contributed by atoms with van der Waals surface area (Å²) in [7, 11) is -2.32. The molecule has 0 saturated carbocycles. The second kappa shape index (κ2) is 8.00. The van der Waals surface area contributed by atoms with Crippen molar-refractivity contribution in [1.82, 2.24) is 4.31 Å². The van der Waals surface area contributed by atoms with Crippen molar-refractivity contribution in [1.29, 1.82) is 0 Å². The second-order valence-corrected chi connectivity index (χ2v) is 9.18. The van der Waals surface area contributed by atoms with Gasteiger partial charge < -0.3 is 10.1 Å². The lowest BCUT2D eigenvalue weighted by atomic mass is 10.2. The normalized spacial score (nSPS) is 17.7. The lowest BCUT2D eigenvalue weighted by Crippen LogP contribution is -2.43. The third kappa shape index (κ3) is 4.17.